The van der Waals surface area contributed by atoms with E-state index in [0.717, 1.165) is 0 Å². The van der Waals surface area contributed by atoms with Gasteiger partial charge in [-0.2, -0.15) is 0 Å². The molecule has 7 heteroatoms. The summed E-state index contributed by atoms with van der Waals surface area (Å²) >= 11 is 5.66. The lowest BCUT2D eigenvalue weighted by Crippen LogP contribution is -1.96. The highest BCUT2D eigenvalue weighted by Gasteiger charge is 2.09. The van der Waals surface area contributed by atoms with Crippen molar-refractivity contribution in [2.75, 3.05) is 5.73 Å². The van der Waals surface area contributed by atoms with Crippen LogP contribution < -0.4 is 5.73 Å². The highest BCUT2D eigenvalue weighted by molar-refractivity contribution is 6.31. The first-order valence-electron chi connectivity index (χ1n) is 3.95. The van der Waals surface area contributed by atoms with Gasteiger partial charge in [0.25, 0.3) is 5.69 Å². The second-order valence-corrected chi connectivity index (χ2v) is 3.19. The molecule has 76 valence electrons. The number of rotatable bonds is 1. The number of benzene rings is 1. The smallest absolute Gasteiger partial charge is 0.271 e. The first kappa shape index (κ1) is 9.60. The van der Waals surface area contributed by atoms with Crippen molar-refractivity contribution in [3.8, 4) is 0 Å². The number of halogens is 1. The van der Waals surface area contributed by atoms with Gasteiger partial charge < -0.3 is 5.73 Å². The van der Waals surface area contributed by atoms with E-state index in [1.54, 1.807) is 0 Å². The van der Waals surface area contributed by atoms with Gasteiger partial charge in [0.05, 0.1) is 16.0 Å². The number of nitrogens with zero attached hydrogens (tertiary/aromatic N) is 3. The summed E-state index contributed by atoms with van der Waals surface area (Å²) in [5, 5.41) is 10.6. The fourth-order valence-electron chi connectivity index (χ4n) is 1.15. The Labute approximate surface area is 88.8 Å². The number of hydrogen-bond acceptors (Lipinski definition) is 5. The Morgan fingerprint density at radius 3 is 2.73 bits per heavy atom. The van der Waals surface area contributed by atoms with Crippen molar-refractivity contribution in [3.05, 3.63) is 33.5 Å². The lowest BCUT2D eigenvalue weighted by atomic mass is 10.2. The molecule has 1 heterocycles. The van der Waals surface area contributed by atoms with E-state index in [1.165, 1.54) is 18.2 Å². The van der Waals surface area contributed by atoms with E-state index in [9.17, 15) is 10.1 Å². The summed E-state index contributed by atoms with van der Waals surface area (Å²) in [6, 6.07) is 4.12. The highest BCUT2D eigenvalue weighted by Crippen LogP contribution is 2.22. The van der Waals surface area contributed by atoms with Crippen LogP contribution in [0, 0.1) is 10.1 Å². The van der Waals surface area contributed by atoms with Crippen molar-refractivity contribution in [1.29, 1.82) is 0 Å². The molecule has 1 aromatic carbocycles. The third-order valence-electron chi connectivity index (χ3n) is 1.84. The Bertz CT molecular complexity index is 558. The maximum atomic E-state index is 10.5. The van der Waals surface area contributed by atoms with E-state index in [1.807, 2.05) is 0 Å². The minimum absolute atomic E-state index is 0.0569. The molecule has 2 aromatic rings. The standard InChI is InChI=1S/C8H5ClN4O2/c9-7-8(10)12-6-3-4(13(14)15)1-2-5(6)11-7/h1-3H,(H2,10,12). The molecule has 0 aliphatic rings. The zero-order valence-electron chi connectivity index (χ0n) is 7.35. The lowest BCUT2D eigenvalue weighted by molar-refractivity contribution is -0.384. The molecular weight excluding hydrogens is 220 g/mol. The Kier molecular flexibility index (Phi) is 2.12. The van der Waals surface area contributed by atoms with Crippen LogP contribution in [0.15, 0.2) is 18.2 Å². The normalized spacial score (nSPS) is 10.5. The number of hydrogen-bond donors (Lipinski definition) is 1. The molecule has 0 spiro atoms. The van der Waals surface area contributed by atoms with Gasteiger partial charge in [-0.1, -0.05) is 11.6 Å². The second kappa shape index (κ2) is 3.32. The van der Waals surface area contributed by atoms with Gasteiger partial charge in [-0.3, -0.25) is 10.1 Å². The van der Waals surface area contributed by atoms with Gasteiger partial charge in [0.1, 0.15) is 0 Å². The van der Waals surface area contributed by atoms with E-state index in [0.29, 0.717) is 11.0 Å². The largest absolute Gasteiger partial charge is 0.381 e. The van der Waals surface area contributed by atoms with Crippen molar-refractivity contribution in [2.24, 2.45) is 0 Å². The van der Waals surface area contributed by atoms with E-state index in [-0.39, 0.29) is 16.7 Å². The van der Waals surface area contributed by atoms with Crippen molar-refractivity contribution in [3.63, 3.8) is 0 Å². The minimum Gasteiger partial charge on any atom is -0.381 e. The zero-order chi connectivity index (χ0) is 11.0. The van der Waals surface area contributed by atoms with E-state index >= 15 is 0 Å². The number of aromatic nitrogens is 2. The van der Waals surface area contributed by atoms with E-state index in [2.05, 4.69) is 9.97 Å². The Morgan fingerprint density at radius 2 is 2.07 bits per heavy atom. The molecule has 0 saturated carbocycles. The molecule has 15 heavy (non-hydrogen) atoms. The van der Waals surface area contributed by atoms with Crippen LogP contribution in [0.1, 0.15) is 0 Å². The predicted octanol–water partition coefficient (Wildman–Crippen LogP) is 1.77. The van der Waals surface area contributed by atoms with Crippen LogP contribution in [0.2, 0.25) is 5.15 Å². The van der Waals surface area contributed by atoms with Crippen LogP contribution in [-0.2, 0) is 0 Å². The summed E-state index contributed by atoms with van der Waals surface area (Å²) < 4.78 is 0. The molecule has 0 atom stereocenters. The van der Waals surface area contributed by atoms with Gasteiger partial charge in [-0.25, -0.2) is 9.97 Å². The summed E-state index contributed by atoms with van der Waals surface area (Å²) in [6.07, 6.45) is 0. The van der Waals surface area contributed by atoms with Gasteiger partial charge in [0.2, 0.25) is 0 Å². The maximum Gasteiger partial charge on any atom is 0.271 e. The molecule has 0 radical (unpaired) electrons. The van der Waals surface area contributed by atoms with E-state index in [4.69, 9.17) is 17.3 Å². The number of fused-ring (bicyclic) bond motifs is 1. The summed E-state index contributed by atoms with van der Waals surface area (Å²) in [7, 11) is 0. The molecule has 2 N–H and O–H groups in total. The first-order chi connectivity index (χ1) is 7.08. The molecule has 0 unspecified atom stereocenters. The first-order valence-corrected chi connectivity index (χ1v) is 4.33. The monoisotopic (exact) mass is 224 g/mol. The van der Waals surface area contributed by atoms with E-state index < -0.39 is 4.92 Å². The Morgan fingerprint density at radius 1 is 1.33 bits per heavy atom. The van der Waals surface area contributed by atoms with Crippen molar-refractivity contribution < 1.29 is 4.92 Å². The average Bonchev–Trinajstić information content (AvgIpc) is 2.19. The van der Waals surface area contributed by atoms with Crippen LogP contribution in [0.4, 0.5) is 11.5 Å². The maximum absolute atomic E-state index is 10.5. The summed E-state index contributed by atoms with van der Waals surface area (Å²) in [6.45, 7) is 0. The van der Waals surface area contributed by atoms with Crippen molar-refractivity contribution in [2.45, 2.75) is 0 Å². The Hall–Kier alpha value is -1.95. The third kappa shape index (κ3) is 1.66. The van der Waals surface area contributed by atoms with Crippen molar-refractivity contribution in [1.82, 2.24) is 9.97 Å². The Balaban J connectivity index is 2.72. The van der Waals surface area contributed by atoms with Crippen LogP contribution >= 0.6 is 11.6 Å². The minimum atomic E-state index is -0.508. The molecular formula is C8H5ClN4O2. The van der Waals surface area contributed by atoms with Gasteiger partial charge in [-0.05, 0) is 6.07 Å². The van der Waals surface area contributed by atoms with Crippen molar-refractivity contribution >= 4 is 34.1 Å². The number of non-ortho nitro benzene ring substituents is 1. The van der Waals surface area contributed by atoms with Crippen LogP contribution in [0.3, 0.4) is 0 Å². The zero-order valence-corrected chi connectivity index (χ0v) is 8.10. The molecule has 0 aliphatic carbocycles. The van der Waals surface area contributed by atoms with Crippen LogP contribution in [0.5, 0.6) is 0 Å². The molecule has 0 saturated heterocycles. The quantitative estimate of drug-likeness (QED) is 0.588. The number of nitrogen functional groups attached to an aromatic ring is 1. The summed E-state index contributed by atoms with van der Waals surface area (Å²) in [5.41, 5.74) is 6.20. The number of nitrogens with two attached hydrogens (primary N) is 1. The van der Waals surface area contributed by atoms with Gasteiger partial charge >= 0.3 is 0 Å². The summed E-state index contributed by atoms with van der Waals surface area (Å²) in [5.74, 6) is 0.0599. The lowest BCUT2D eigenvalue weighted by Gasteiger charge is -1.99. The van der Waals surface area contributed by atoms with Crippen LogP contribution in [-0.4, -0.2) is 14.9 Å². The molecule has 2 rings (SSSR count). The SMILES string of the molecule is Nc1nc2cc([N+](=O)[O-])ccc2nc1Cl. The average molecular weight is 225 g/mol. The molecule has 0 bridgehead atoms. The number of anilines is 1. The fourth-order valence-corrected chi connectivity index (χ4v) is 1.28. The predicted molar refractivity (Wildman–Crippen MR) is 55.6 cm³/mol. The molecule has 0 amide bonds. The fraction of sp³-hybridized carbons (Fsp3) is 0. The summed E-state index contributed by atoms with van der Waals surface area (Å²) in [4.78, 5) is 17.8. The van der Waals surface area contributed by atoms with Gasteiger partial charge in [-0.15, -0.1) is 0 Å². The topological polar surface area (TPSA) is 94.9 Å². The molecule has 0 aliphatic heterocycles. The number of nitro groups is 1. The van der Waals surface area contributed by atoms with Gasteiger partial charge in [0, 0.05) is 12.1 Å². The second-order valence-electron chi connectivity index (χ2n) is 2.83. The third-order valence-corrected chi connectivity index (χ3v) is 2.12. The van der Waals surface area contributed by atoms with Gasteiger partial charge in [0.15, 0.2) is 11.0 Å². The molecule has 1 aromatic heterocycles. The number of nitro benzene ring substituents is 1. The molecule has 0 fully saturated rings. The highest BCUT2D eigenvalue weighted by atomic mass is 35.5. The van der Waals surface area contributed by atoms with Crippen LogP contribution in [0.25, 0.3) is 11.0 Å². The molecule has 6 nitrogen and oxygen atoms in total.